The molecule has 0 spiro atoms. The molecule has 1 saturated carbocycles. The normalized spacial score (nSPS) is 17.8. The number of carbonyl (C=O) groups is 1. The van der Waals surface area contributed by atoms with Crippen LogP contribution < -0.4 is 0 Å². The maximum atomic E-state index is 12.4. The van der Waals surface area contributed by atoms with Crippen LogP contribution in [0, 0.1) is 0 Å². The summed E-state index contributed by atoms with van der Waals surface area (Å²) in [6.45, 7) is 5.65. The van der Waals surface area contributed by atoms with E-state index in [1.807, 2.05) is 13.8 Å². The minimum absolute atomic E-state index is 0.228. The molecule has 0 aromatic rings. The van der Waals surface area contributed by atoms with Gasteiger partial charge in [0.2, 0.25) is 5.91 Å². The third-order valence-electron chi connectivity index (χ3n) is 3.32. The Balaban J connectivity index is 2.67. The van der Waals surface area contributed by atoms with Crippen LogP contribution in [0.4, 0.5) is 0 Å². The Morgan fingerprint density at radius 1 is 1.24 bits per heavy atom. The van der Waals surface area contributed by atoms with E-state index in [-0.39, 0.29) is 5.91 Å². The summed E-state index contributed by atoms with van der Waals surface area (Å²) in [6.07, 6.45) is 4.86. The van der Waals surface area contributed by atoms with E-state index in [1.54, 1.807) is 0 Å². The lowest BCUT2D eigenvalue weighted by Gasteiger charge is -2.34. The summed E-state index contributed by atoms with van der Waals surface area (Å²) in [5, 5.41) is 0. The SMILES string of the molecule is CN(C)CCN(C(=O)C(C)(C)Br)C1CCCC1. The topological polar surface area (TPSA) is 23.6 Å². The fourth-order valence-electron chi connectivity index (χ4n) is 2.32. The van der Waals surface area contributed by atoms with Gasteiger partial charge in [0.05, 0.1) is 4.32 Å². The summed E-state index contributed by atoms with van der Waals surface area (Å²) < 4.78 is -0.443. The van der Waals surface area contributed by atoms with Gasteiger partial charge in [-0.1, -0.05) is 28.8 Å². The molecule has 0 unspecified atom stereocenters. The van der Waals surface area contributed by atoms with E-state index in [9.17, 15) is 4.79 Å². The zero-order valence-corrected chi connectivity index (χ0v) is 13.1. The monoisotopic (exact) mass is 304 g/mol. The molecule has 0 aromatic heterocycles. The predicted molar refractivity (Wildman–Crippen MR) is 75.5 cm³/mol. The zero-order valence-electron chi connectivity index (χ0n) is 11.5. The lowest BCUT2D eigenvalue weighted by Crippen LogP contribution is -2.48. The molecule has 0 N–H and O–H groups in total. The van der Waals surface area contributed by atoms with Crippen LogP contribution in [0.1, 0.15) is 39.5 Å². The minimum Gasteiger partial charge on any atom is -0.337 e. The standard InChI is InChI=1S/C13H25BrN2O/c1-13(2,14)12(17)16(10-9-15(3)4)11-7-5-6-8-11/h11H,5-10H2,1-4H3. The van der Waals surface area contributed by atoms with Gasteiger partial charge in [0, 0.05) is 19.1 Å². The molecule has 1 amide bonds. The first kappa shape index (κ1) is 15.0. The Kier molecular flexibility index (Phi) is 5.45. The number of alkyl halides is 1. The highest BCUT2D eigenvalue weighted by atomic mass is 79.9. The van der Waals surface area contributed by atoms with E-state index in [2.05, 4.69) is 39.8 Å². The molecule has 1 aliphatic rings. The van der Waals surface area contributed by atoms with Crippen molar-refractivity contribution >= 4 is 21.8 Å². The molecule has 4 heteroatoms. The van der Waals surface area contributed by atoms with Crippen LogP contribution in [0.15, 0.2) is 0 Å². The molecule has 0 aromatic carbocycles. The van der Waals surface area contributed by atoms with Gasteiger partial charge in [-0.3, -0.25) is 4.79 Å². The molecule has 1 rings (SSSR count). The van der Waals surface area contributed by atoms with Gasteiger partial charge in [-0.25, -0.2) is 0 Å². The van der Waals surface area contributed by atoms with Gasteiger partial charge in [-0.05, 0) is 40.8 Å². The first-order valence-corrected chi connectivity index (χ1v) is 7.26. The summed E-state index contributed by atoms with van der Waals surface area (Å²) in [7, 11) is 4.10. The van der Waals surface area contributed by atoms with Gasteiger partial charge in [0.25, 0.3) is 0 Å². The molecule has 0 saturated heterocycles. The van der Waals surface area contributed by atoms with Crippen molar-refractivity contribution in [1.29, 1.82) is 0 Å². The van der Waals surface area contributed by atoms with Crippen molar-refractivity contribution in [1.82, 2.24) is 9.80 Å². The maximum Gasteiger partial charge on any atom is 0.239 e. The highest BCUT2D eigenvalue weighted by Crippen LogP contribution is 2.28. The van der Waals surface area contributed by atoms with E-state index in [1.165, 1.54) is 25.7 Å². The second kappa shape index (κ2) is 6.19. The van der Waals surface area contributed by atoms with Crippen molar-refractivity contribution < 1.29 is 4.79 Å². The van der Waals surface area contributed by atoms with E-state index < -0.39 is 4.32 Å². The van der Waals surface area contributed by atoms with Crippen molar-refractivity contribution in [2.75, 3.05) is 27.2 Å². The number of nitrogens with zero attached hydrogens (tertiary/aromatic N) is 2. The number of hydrogen-bond donors (Lipinski definition) is 0. The average Bonchev–Trinajstić information content (AvgIpc) is 2.69. The van der Waals surface area contributed by atoms with Crippen LogP contribution in [-0.4, -0.2) is 53.3 Å². The van der Waals surface area contributed by atoms with Crippen LogP contribution in [0.2, 0.25) is 0 Å². The van der Waals surface area contributed by atoms with E-state index in [4.69, 9.17) is 0 Å². The minimum atomic E-state index is -0.443. The summed E-state index contributed by atoms with van der Waals surface area (Å²) in [4.78, 5) is 16.6. The Hall–Kier alpha value is -0.0900. The van der Waals surface area contributed by atoms with Crippen molar-refractivity contribution in [3.05, 3.63) is 0 Å². The van der Waals surface area contributed by atoms with E-state index in [0.717, 1.165) is 13.1 Å². The first-order valence-electron chi connectivity index (χ1n) is 6.47. The summed E-state index contributed by atoms with van der Waals surface area (Å²) in [6, 6.07) is 0.458. The molecule has 17 heavy (non-hydrogen) atoms. The molecule has 0 radical (unpaired) electrons. The van der Waals surface area contributed by atoms with Crippen LogP contribution in [0.5, 0.6) is 0 Å². The molecule has 0 heterocycles. The quantitative estimate of drug-likeness (QED) is 0.729. The fraction of sp³-hybridized carbons (Fsp3) is 0.923. The molecular weight excluding hydrogens is 280 g/mol. The Morgan fingerprint density at radius 3 is 2.18 bits per heavy atom. The first-order chi connectivity index (χ1) is 7.82. The van der Waals surface area contributed by atoms with Crippen molar-refractivity contribution in [3.8, 4) is 0 Å². The lowest BCUT2D eigenvalue weighted by molar-refractivity contribution is -0.135. The number of amides is 1. The number of rotatable bonds is 5. The third kappa shape index (κ3) is 4.59. The molecule has 1 fully saturated rings. The molecule has 100 valence electrons. The van der Waals surface area contributed by atoms with Gasteiger partial charge < -0.3 is 9.80 Å². The van der Waals surface area contributed by atoms with Crippen LogP contribution in [-0.2, 0) is 4.79 Å². The van der Waals surface area contributed by atoms with Gasteiger partial charge in [-0.2, -0.15) is 0 Å². The van der Waals surface area contributed by atoms with Crippen molar-refractivity contribution in [2.24, 2.45) is 0 Å². The van der Waals surface area contributed by atoms with Gasteiger partial charge in [0.1, 0.15) is 0 Å². The van der Waals surface area contributed by atoms with Crippen molar-refractivity contribution in [3.63, 3.8) is 0 Å². The fourth-order valence-corrected chi connectivity index (χ4v) is 2.54. The number of likely N-dealkylation sites (N-methyl/N-ethyl adjacent to an activating group) is 1. The molecule has 0 bridgehead atoms. The van der Waals surface area contributed by atoms with Crippen molar-refractivity contribution in [2.45, 2.75) is 49.9 Å². The van der Waals surface area contributed by atoms with Crippen LogP contribution in [0.25, 0.3) is 0 Å². The second-order valence-electron chi connectivity index (χ2n) is 5.71. The number of carbonyl (C=O) groups excluding carboxylic acids is 1. The summed E-state index contributed by atoms with van der Waals surface area (Å²) in [5.74, 6) is 0.228. The number of hydrogen-bond acceptors (Lipinski definition) is 2. The number of halogens is 1. The highest BCUT2D eigenvalue weighted by molar-refractivity contribution is 9.10. The van der Waals surface area contributed by atoms with Gasteiger partial charge >= 0.3 is 0 Å². The lowest BCUT2D eigenvalue weighted by atomic mass is 10.1. The van der Waals surface area contributed by atoms with Gasteiger partial charge in [-0.15, -0.1) is 0 Å². The van der Waals surface area contributed by atoms with Crippen LogP contribution in [0.3, 0.4) is 0 Å². The summed E-state index contributed by atoms with van der Waals surface area (Å²) >= 11 is 3.49. The van der Waals surface area contributed by atoms with Gasteiger partial charge in [0.15, 0.2) is 0 Å². The Morgan fingerprint density at radius 2 is 1.76 bits per heavy atom. The molecule has 0 atom stereocenters. The molecule has 1 aliphatic carbocycles. The van der Waals surface area contributed by atoms with Crippen LogP contribution >= 0.6 is 15.9 Å². The maximum absolute atomic E-state index is 12.4. The largest absolute Gasteiger partial charge is 0.337 e. The van der Waals surface area contributed by atoms with E-state index in [0.29, 0.717) is 6.04 Å². The second-order valence-corrected chi connectivity index (χ2v) is 7.70. The zero-order chi connectivity index (χ0) is 13.1. The molecular formula is C13H25BrN2O. The predicted octanol–water partition coefficient (Wildman–Crippen LogP) is 2.49. The Labute approximate surface area is 114 Å². The Bertz CT molecular complexity index is 255. The molecule has 3 nitrogen and oxygen atoms in total. The average molecular weight is 305 g/mol. The third-order valence-corrected chi connectivity index (χ3v) is 3.66. The van der Waals surface area contributed by atoms with E-state index >= 15 is 0 Å². The highest BCUT2D eigenvalue weighted by Gasteiger charge is 2.34. The smallest absolute Gasteiger partial charge is 0.239 e. The molecule has 0 aliphatic heterocycles. The summed E-state index contributed by atoms with van der Waals surface area (Å²) in [5.41, 5.74) is 0.